The number of aromatic nitrogens is 1. The van der Waals surface area contributed by atoms with Gasteiger partial charge >= 0.3 is 5.97 Å². The molecule has 1 aliphatic rings. The van der Waals surface area contributed by atoms with E-state index in [4.69, 9.17) is 4.74 Å². The first-order chi connectivity index (χ1) is 12.0. The molecule has 0 aliphatic heterocycles. The number of carbonyl (C=O) groups is 1. The highest BCUT2D eigenvalue weighted by Gasteiger charge is 2.45. The Bertz CT molecular complexity index is 783. The first-order valence-electron chi connectivity index (χ1n) is 7.99. The van der Waals surface area contributed by atoms with Gasteiger partial charge in [0.1, 0.15) is 17.5 Å². The monoisotopic (exact) mass is 410 g/mol. The number of nitrogens with one attached hydrogen (secondary N) is 1. The summed E-state index contributed by atoms with van der Waals surface area (Å²) in [5, 5.41) is 3.00. The van der Waals surface area contributed by atoms with E-state index in [1.54, 1.807) is 19.2 Å². The van der Waals surface area contributed by atoms with Crippen LogP contribution in [0.4, 0.5) is 14.6 Å². The van der Waals surface area contributed by atoms with Gasteiger partial charge < -0.3 is 10.1 Å². The van der Waals surface area contributed by atoms with E-state index in [-0.39, 0.29) is 28.8 Å². The number of pyridine rings is 1. The fourth-order valence-corrected chi connectivity index (χ4v) is 3.08. The van der Waals surface area contributed by atoms with Crippen LogP contribution in [0.25, 0.3) is 0 Å². The minimum Gasteiger partial charge on any atom is -0.466 e. The van der Waals surface area contributed by atoms with E-state index in [0.717, 1.165) is 18.1 Å². The highest BCUT2D eigenvalue weighted by atomic mass is 79.9. The molecular weight excluding hydrogens is 394 g/mol. The van der Waals surface area contributed by atoms with Crippen molar-refractivity contribution in [3.8, 4) is 0 Å². The Morgan fingerprint density at radius 3 is 2.84 bits per heavy atom. The Morgan fingerprint density at radius 2 is 2.16 bits per heavy atom. The number of anilines is 1. The summed E-state index contributed by atoms with van der Waals surface area (Å²) >= 11 is 3.04. The molecule has 1 aliphatic carbocycles. The van der Waals surface area contributed by atoms with Gasteiger partial charge in [0, 0.05) is 24.4 Å². The zero-order valence-corrected chi connectivity index (χ0v) is 15.1. The maximum absolute atomic E-state index is 13.7. The van der Waals surface area contributed by atoms with Crippen LogP contribution < -0.4 is 5.32 Å². The van der Waals surface area contributed by atoms with Gasteiger partial charge in [-0.15, -0.1) is 0 Å². The molecule has 0 amide bonds. The molecule has 25 heavy (non-hydrogen) atoms. The van der Waals surface area contributed by atoms with E-state index >= 15 is 0 Å². The SMILES string of the molecule is CCOC(=O)[C@H]1C[C@@H]1c1ccc(NCc2cc(Br)c(F)cc2F)nc1. The molecule has 7 heteroatoms. The molecule has 132 valence electrons. The van der Waals surface area contributed by atoms with Gasteiger partial charge in [-0.05, 0) is 52.9 Å². The van der Waals surface area contributed by atoms with Crippen LogP contribution >= 0.6 is 15.9 Å². The van der Waals surface area contributed by atoms with Gasteiger partial charge in [0.15, 0.2) is 0 Å². The third kappa shape index (κ3) is 4.15. The van der Waals surface area contributed by atoms with Crippen LogP contribution in [-0.4, -0.2) is 17.6 Å². The third-order valence-electron chi connectivity index (χ3n) is 4.14. The number of benzene rings is 1. The van der Waals surface area contributed by atoms with Crippen molar-refractivity contribution in [3.63, 3.8) is 0 Å². The molecule has 4 nitrogen and oxygen atoms in total. The van der Waals surface area contributed by atoms with Gasteiger partial charge in [-0.1, -0.05) is 6.07 Å². The van der Waals surface area contributed by atoms with Crippen molar-refractivity contribution in [1.29, 1.82) is 0 Å². The number of rotatable bonds is 6. The molecule has 0 radical (unpaired) electrons. The summed E-state index contributed by atoms with van der Waals surface area (Å²) in [6, 6.07) is 5.93. The molecular formula is C18H17BrF2N2O2. The summed E-state index contributed by atoms with van der Waals surface area (Å²) in [5.74, 6) is -0.745. The molecule has 0 bridgehead atoms. The first-order valence-corrected chi connectivity index (χ1v) is 8.78. The van der Waals surface area contributed by atoms with Gasteiger partial charge in [-0.25, -0.2) is 13.8 Å². The van der Waals surface area contributed by atoms with Gasteiger partial charge in [0.25, 0.3) is 0 Å². The third-order valence-corrected chi connectivity index (χ3v) is 4.75. The second-order valence-electron chi connectivity index (χ2n) is 5.89. The Morgan fingerprint density at radius 1 is 1.36 bits per heavy atom. The van der Waals surface area contributed by atoms with E-state index < -0.39 is 11.6 Å². The summed E-state index contributed by atoms with van der Waals surface area (Å²) in [5.41, 5.74) is 1.32. The van der Waals surface area contributed by atoms with Crippen molar-refractivity contribution >= 4 is 27.7 Å². The molecule has 0 spiro atoms. The number of nitrogens with zero attached hydrogens (tertiary/aromatic N) is 1. The normalized spacial score (nSPS) is 18.7. The largest absolute Gasteiger partial charge is 0.466 e. The van der Waals surface area contributed by atoms with E-state index in [1.807, 2.05) is 6.07 Å². The minimum absolute atomic E-state index is 0.0776. The molecule has 2 atom stereocenters. The number of carbonyl (C=O) groups excluding carboxylic acids is 1. The Labute approximate surface area is 152 Å². The van der Waals surface area contributed by atoms with Crippen LogP contribution in [0.1, 0.15) is 30.4 Å². The molecule has 0 saturated heterocycles. The quantitative estimate of drug-likeness (QED) is 0.566. The second kappa shape index (κ2) is 7.47. The summed E-state index contributed by atoms with van der Waals surface area (Å²) in [6.45, 7) is 2.37. The van der Waals surface area contributed by atoms with Crippen LogP contribution in [0.15, 0.2) is 34.9 Å². The highest BCUT2D eigenvalue weighted by molar-refractivity contribution is 9.10. The van der Waals surface area contributed by atoms with E-state index in [9.17, 15) is 13.6 Å². The topological polar surface area (TPSA) is 51.2 Å². The molecule has 3 rings (SSSR count). The number of hydrogen-bond donors (Lipinski definition) is 1. The maximum atomic E-state index is 13.7. The predicted molar refractivity (Wildman–Crippen MR) is 93.1 cm³/mol. The maximum Gasteiger partial charge on any atom is 0.309 e. The molecule has 1 fully saturated rings. The summed E-state index contributed by atoms with van der Waals surface area (Å²) < 4.78 is 32.2. The van der Waals surface area contributed by atoms with Gasteiger partial charge in [-0.2, -0.15) is 0 Å². The van der Waals surface area contributed by atoms with Crippen molar-refractivity contribution in [1.82, 2.24) is 4.98 Å². The smallest absolute Gasteiger partial charge is 0.309 e. The molecule has 0 unspecified atom stereocenters. The average Bonchev–Trinajstić information content (AvgIpc) is 3.38. The lowest BCUT2D eigenvalue weighted by Gasteiger charge is -2.08. The highest BCUT2D eigenvalue weighted by Crippen LogP contribution is 2.48. The summed E-state index contributed by atoms with van der Waals surface area (Å²) in [6.07, 6.45) is 2.49. The van der Waals surface area contributed by atoms with Crippen LogP contribution in [0.5, 0.6) is 0 Å². The molecule has 1 aromatic carbocycles. The number of esters is 1. The Balaban J connectivity index is 1.59. The van der Waals surface area contributed by atoms with Crippen molar-refractivity contribution in [2.24, 2.45) is 5.92 Å². The predicted octanol–water partition coefficient (Wildman–Crippen LogP) is 4.40. The lowest BCUT2D eigenvalue weighted by Crippen LogP contribution is -2.07. The zero-order valence-electron chi connectivity index (χ0n) is 13.6. The summed E-state index contributed by atoms with van der Waals surface area (Å²) in [4.78, 5) is 16.0. The molecule has 1 N–H and O–H groups in total. The number of hydrogen-bond acceptors (Lipinski definition) is 4. The van der Waals surface area contributed by atoms with Gasteiger partial charge in [-0.3, -0.25) is 4.79 Å². The van der Waals surface area contributed by atoms with E-state index in [0.29, 0.717) is 18.0 Å². The second-order valence-corrected chi connectivity index (χ2v) is 6.74. The number of halogens is 3. The van der Waals surface area contributed by atoms with Crippen molar-refractivity contribution in [2.45, 2.75) is 25.8 Å². The molecule has 2 aromatic rings. The van der Waals surface area contributed by atoms with Crippen LogP contribution in [-0.2, 0) is 16.1 Å². The van der Waals surface area contributed by atoms with Crippen molar-refractivity contribution in [2.75, 3.05) is 11.9 Å². The van der Waals surface area contributed by atoms with E-state index in [1.165, 1.54) is 6.07 Å². The van der Waals surface area contributed by atoms with E-state index in [2.05, 4.69) is 26.2 Å². The fraction of sp³-hybridized carbons (Fsp3) is 0.333. The molecule has 1 heterocycles. The van der Waals surface area contributed by atoms with Gasteiger partial charge in [0.05, 0.1) is 17.0 Å². The Hall–Kier alpha value is -2.02. The zero-order chi connectivity index (χ0) is 18.0. The average molecular weight is 411 g/mol. The molecule has 1 aromatic heterocycles. The standard InChI is InChI=1S/C18H17BrF2N2O2/c1-2-25-18(24)13-6-12(13)10-3-4-17(22-8-10)23-9-11-5-14(19)16(21)7-15(11)20/h3-5,7-8,12-13H,2,6,9H2,1H3,(H,22,23)/t12-,13+/m1/s1. The fourth-order valence-electron chi connectivity index (χ4n) is 2.69. The molecule has 1 saturated carbocycles. The Kier molecular flexibility index (Phi) is 5.32. The summed E-state index contributed by atoms with van der Waals surface area (Å²) in [7, 11) is 0. The van der Waals surface area contributed by atoms with Crippen LogP contribution in [0.2, 0.25) is 0 Å². The van der Waals surface area contributed by atoms with Crippen LogP contribution in [0, 0.1) is 17.6 Å². The lowest BCUT2D eigenvalue weighted by molar-refractivity contribution is -0.144. The lowest BCUT2D eigenvalue weighted by atomic mass is 10.1. The van der Waals surface area contributed by atoms with Crippen molar-refractivity contribution < 1.29 is 18.3 Å². The first kappa shape index (κ1) is 17.8. The number of ether oxygens (including phenoxy) is 1. The van der Waals surface area contributed by atoms with Gasteiger partial charge in [0.2, 0.25) is 0 Å². The van der Waals surface area contributed by atoms with Crippen LogP contribution in [0.3, 0.4) is 0 Å². The minimum atomic E-state index is -0.635. The van der Waals surface area contributed by atoms with Crippen molar-refractivity contribution in [3.05, 3.63) is 57.7 Å².